The molecule has 2 saturated heterocycles. The zero-order chi connectivity index (χ0) is 17.0. The Labute approximate surface area is 145 Å². The summed E-state index contributed by atoms with van der Waals surface area (Å²) in [5, 5.41) is 3.13. The smallest absolute Gasteiger partial charge is 0.237 e. The largest absolute Gasteiger partial charge is 0.469 e. The Kier molecular flexibility index (Phi) is 5.61. The normalized spacial score (nSPS) is 24.5. The maximum atomic E-state index is 12.8. The molecule has 3 rings (SSSR count). The lowest BCUT2D eigenvalue weighted by atomic mass is 9.76. The van der Waals surface area contributed by atoms with Crippen LogP contribution in [0, 0.1) is 5.41 Å². The predicted octanol–water partition coefficient (Wildman–Crippen LogP) is 2.13. The Bertz CT molecular complexity index is 521. The third kappa shape index (κ3) is 4.01. The molecule has 0 saturated carbocycles. The van der Waals surface area contributed by atoms with Gasteiger partial charge in [0.1, 0.15) is 5.76 Å². The van der Waals surface area contributed by atoms with E-state index >= 15 is 0 Å². The molecule has 134 valence electrons. The lowest BCUT2D eigenvalue weighted by Crippen LogP contribution is -2.44. The minimum Gasteiger partial charge on any atom is -0.469 e. The summed E-state index contributed by atoms with van der Waals surface area (Å²) in [6.07, 6.45) is 7.01. The highest BCUT2D eigenvalue weighted by Crippen LogP contribution is 2.43. The van der Waals surface area contributed by atoms with Crippen LogP contribution in [0.3, 0.4) is 0 Å². The topological polar surface area (TPSA) is 48.7 Å². The van der Waals surface area contributed by atoms with E-state index in [4.69, 9.17) is 4.42 Å². The SMILES string of the molecule is CCCN1CC2(CCN(C)CC2)CC1C(=O)NCCc1ccco1. The Morgan fingerprint density at radius 2 is 2.21 bits per heavy atom. The van der Waals surface area contributed by atoms with Gasteiger partial charge >= 0.3 is 0 Å². The Morgan fingerprint density at radius 1 is 1.42 bits per heavy atom. The average Bonchev–Trinajstić information content (AvgIpc) is 3.20. The second-order valence-corrected chi connectivity index (χ2v) is 7.61. The number of furan rings is 1. The first kappa shape index (κ1) is 17.5. The number of amides is 1. The highest BCUT2D eigenvalue weighted by molar-refractivity contribution is 5.82. The van der Waals surface area contributed by atoms with Crippen molar-refractivity contribution < 1.29 is 9.21 Å². The highest BCUT2D eigenvalue weighted by Gasteiger charge is 2.47. The van der Waals surface area contributed by atoms with Crippen molar-refractivity contribution in [3.8, 4) is 0 Å². The van der Waals surface area contributed by atoms with E-state index in [9.17, 15) is 4.79 Å². The molecule has 5 heteroatoms. The monoisotopic (exact) mass is 333 g/mol. The van der Waals surface area contributed by atoms with E-state index in [0.29, 0.717) is 12.0 Å². The van der Waals surface area contributed by atoms with Crippen molar-refractivity contribution >= 4 is 5.91 Å². The summed E-state index contributed by atoms with van der Waals surface area (Å²) in [4.78, 5) is 17.6. The van der Waals surface area contributed by atoms with Crippen LogP contribution in [0.15, 0.2) is 22.8 Å². The third-order valence-corrected chi connectivity index (χ3v) is 5.72. The molecule has 1 atom stereocenters. The Hall–Kier alpha value is -1.33. The van der Waals surface area contributed by atoms with Crippen LogP contribution >= 0.6 is 0 Å². The Morgan fingerprint density at radius 3 is 2.88 bits per heavy atom. The lowest BCUT2D eigenvalue weighted by Gasteiger charge is -2.37. The second-order valence-electron chi connectivity index (χ2n) is 7.61. The van der Waals surface area contributed by atoms with Crippen LogP contribution in [-0.4, -0.2) is 61.5 Å². The molecule has 1 aromatic heterocycles. The van der Waals surface area contributed by atoms with Crippen LogP contribution in [0.1, 0.15) is 38.4 Å². The van der Waals surface area contributed by atoms with Gasteiger partial charge in [-0.2, -0.15) is 0 Å². The fraction of sp³-hybridized carbons (Fsp3) is 0.737. The number of nitrogens with zero attached hydrogens (tertiary/aromatic N) is 2. The van der Waals surface area contributed by atoms with Crippen molar-refractivity contribution in [2.45, 2.75) is 45.1 Å². The van der Waals surface area contributed by atoms with Gasteiger partial charge in [0.25, 0.3) is 0 Å². The number of likely N-dealkylation sites (tertiary alicyclic amines) is 2. The first-order valence-electron chi connectivity index (χ1n) is 9.34. The van der Waals surface area contributed by atoms with E-state index in [1.807, 2.05) is 12.1 Å². The van der Waals surface area contributed by atoms with E-state index in [2.05, 4.69) is 29.1 Å². The van der Waals surface area contributed by atoms with Gasteiger partial charge in [0, 0.05) is 19.5 Å². The zero-order valence-electron chi connectivity index (χ0n) is 15.1. The highest BCUT2D eigenvalue weighted by atomic mass is 16.3. The van der Waals surface area contributed by atoms with Crippen molar-refractivity contribution in [3.63, 3.8) is 0 Å². The van der Waals surface area contributed by atoms with Gasteiger partial charge in [-0.25, -0.2) is 0 Å². The molecule has 0 aromatic carbocycles. The van der Waals surface area contributed by atoms with Gasteiger partial charge in [0.2, 0.25) is 5.91 Å². The fourth-order valence-corrected chi connectivity index (χ4v) is 4.26. The zero-order valence-corrected chi connectivity index (χ0v) is 15.1. The van der Waals surface area contributed by atoms with Crippen LogP contribution in [0.25, 0.3) is 0 Å². The molecule has 0 aliphatic carbocycles. The number of rotatable bonds is 6. The maximum Gasteiger partial charge on any atom is 0.237 e. The minimum atomic E-state index is 0.0463. The summed E-state index contributed by atoms with van der Waals surface area (Å²) in [6, 6.07) is 3.89. The molecule has 0 bridgehead atoms. The van der Waals surface area contributed by atoms with Crippen molar-refractivity contribution in [1.82, 2.24) is 15.1 Å². The van der Waals surface area contributed by atoms with Gasteiger partial charge in [-0.1, -0.05) is 6.92 Å². The maximum absolute atomic E-state index is 12.8. The van der Waals surface area contributed by atoms with Gasteiger partial charge < -0.3 is 14.6 Å². The Balaban J connectivity index is 1.56. The summed E-state index contributed by atoms with van der Waals surface area (Å²) >= 11 is 0. The lowest BCUT2D eigenvalue weighted by molar-refractivity contribution is -0.125. The molecule has 0 radical (unpaired) electrons. The molecule has 1 unspecified atom stereocenters. The molecule has 3 heterocycles. The van der Waals surface area contributed by atoms with E-state index in [-0.39, 0.29) is 11.9 Å². The minimum absolute atomic E-state index is 0.0463. The fourth-order valence-electron chi connectivity index (χ4n) is 4.26. The number of hydrogen-bond donors (Lipinski definition) is 1. The van der Waals surface area contributed by atoms with Crippen LogP contribution in [-0.2, 0) is 11.2 Å². The molecule has 2 aliphatic heterocycles. The summed E-state index contributed by atoms with van der Waals surface area (Å²) in [7, 11) is 2.20. The number of nitrogens with one attached hydrogen (secondary N) is 1. The van der Waals surface area contributed by atoms with Crippen molar-refractivity contribution in [3.05, 3.63) is 24.2 Å². The number of carbonyl (C=O) groups is 1. The van der Waals surface area contributed by atoms with Gasteiger partial charge in [-0.05, 0) is 69.9 Å². The van der Waals surface area contributed by atoms with E-state index < -0.39 is 0 Å². The summed E-state index contributed by atoms with van der Waals surface area (Å²) in [6.45, 7) is 7.28. The first-order valence-corrected chi connectivity index (χ1v) is 9.34. The second kappa shape index (κ2) is 7.70. The molecule has 2 fully saturated rings. The van der Waals surface area contributed by atoms with Gasteiger partial charge in [0.05, 0.1) is 12.3 Å². The van der Waals surface area contributed by atoms with Crippen LogP contribution < -0.4 is 5.32 Å². The van der Waals surface area contributed by atoms with Gasteiger partial charge in [-0.3, -0.25) is 9.69 Å². The summed E-state index contributed by atoms with van der Waals surface area (Å²) < 4.78 is 5.33. The molecule has 2 aliphatic rings. The molecule has 1 spiro atoms. The summed E-state index contributed by atoms with van der Waals surface area (Å²) in [5.41, 5.74) is 0.352. The van der Waals surface area contributed by atoms with Crippen LogP contribution in [0.2, 0.25) is 0 Å². The van der Waals surface area contributed by atoms with E-state index in [1.165, 1.54) is 12.8 Å². The molecular formula is C19H31N3O2. The molecule has 1 N–H and O–H groups in total. The molecule has 1 aromatic rings. The van der Waals surface area contributed by atoms with E-state index in [0.717, 1.165) is 51.2 Å². The van der Waals surface area contributed by atoms with Gasteiger partial charge in [0.15, 0.2) is 0 Å². The number of hydrogen-bond acceptors (Lipinski definition) is 4. The van der Waals surface area contributed by atoms with Crippen molar-refractivity contribution in [2.24, 2.45) is 5.41 Å². The molecule has 5 nitrogen and oxygen atoms in total. The number of carbonyl (C=O) groups excluding carboxylic acids is 1. The standard InChI is InChI=1S/C19H31N3O2/c1-3-10-22-15-19(7-11-21(2)12-8-19)14-17(22)18(23)20-9-6-16-5-4-13-24-16/h4-5,13,17H,3,6-12,14-15H2,1-2H3,(H,20,23). The molecule has 24 heavy (non-hydrogen) atoms. The predicted molar refractivity (Wildman–Crippen MR) is 94.9 cm³/mol. The van der Waals surface area contributed by atoms with Crippen molar-refractivity contribution in [2.75, 3.05) is 39.8 Å². The quantitative estimate of drug-likeness (QED) is 0.866. The van der Waals surface area contributed by atoms with E-state index in [1.54, 1.807) is 6.26 Å². The first-order chi connectivity index (χ1) is 11.6. The van der Waals surface area contributed by atoms with Crippen molar-refractivity contribution in [1.29, 1.82) is 0 Å². The molecular weight excluding hydrogens is 302 g/mol. The molecule has 1 amide bonds. The number of piperidine rings is 1. The summed E-state index contributed by atoms with van der Waals surface area (Å²) in [5.74, 6) is 1.13. The third-order valence-electron chi connectivity index (χ3n) is 5.72. The van der Waals surface area contributed by atoms with Crippen LogP contribution in [0.5, 0.6) is 0 Å². The van der Waals surface area contributed by atoms with Gasteiger partial charge in [-0.15, -0.1) is 0 Å². The van der Waals surface area contributed by atoms with Crippen LogP contribution in [0.4, 0.5) is 0 Å². The average molecular weight is 333 g/mol.